The Balaban J connectivity index is 1.94. The van der Waals surface area contributed by atoms with Crippen LogP contribution in [-0.2, 0) is 12.8 Å². The number of aromatic amines is 1. The van der Waals surface area contributed by atoms with Crippen molar-refractivity contribution in [1.29, 1.82) is 0 Å². The van der Waals surface area contributed by atoms with Crippen molar-refractivity contribution < 1.29 is 0 Å². The molecule has 1 atom stereocenters. The molecule has 18 heavy (non-hydrogen) atoms. The van der Waals surface area contributed by atoms with Gasteiger partial charge in [0.15, 0.2) is 0 Å². The molecule has 3 rings (SSSR count). The Morgan fingerprint density at radius 3 is 3.17 bits per heavy atom. The van der Waals surface area contributed by atoms with Gasteiger partial charge in [-0.3, -0.25) is 0 Å². The van der Waals surface area contributed by atoms with E-state index in [9.17, 15) is 0 Å². The normalized spacial score (nSPS) is 19.1. The Labute approximate surface area is 116 Å². The Morgan fingerprint density at radius 1 is 1.44 bits per heavy atom. The van der Waals surface area contributed by atoms with Crippen molar-refractivity contribution in [3.63, 3.8) is 0 Å². The Bertz CT molecular complexity index is 559. The topological polar surface area (TPSA) is 27.8 Å². The lowest BCUT2D eigenvalue weighted by Gasteiger charge is -2.23. The van der Waals surface area contributed by atoms with Crippen molar-refractivity contribution in [3.8, 4) is 0 Å². The zero-order chi connectivity index (χ0) is 12.5. The molecule has 3 heteroatoms. The summed E-state index contributed by atoms with van der Waals surface area (Å²) in [5, 5.41) is 5.05. The highest BCUT2D eigenvalue weighted by Crippen LogP contribution is 2.32. The summed E-state index contributed by atoms with van der Waals surface area (Å²) in [7, 11) is 0. The summed E-state index contributed by atoms with van der Waals surface area (Å²) in [6.45, 7) is 3.36. The molecule has 1 aromatic heterocycles. The predicted molar refractivity (Wildman–Crippen MR) is 80.1 cm³/mol. The largest absolute Gasteiger partial charge is 0.357 e. The second-order valence-corrected chi connectivity index (χ2v) is 5.99. The van der Waals surface area contributed by atoms with E-state index in [1.165, 1.54) is 39.5 Å². The molecule has 1 heterocycles. The third kappa shape index (κ3) is 2.10. The smallest absolute Gasteiger partial charge is 0.0603 e. The summed E-state index contributed by atoms with van der Waals surface area (Å²) in [5.41, 5.74) is 4.22. The second-order valence-electron chi connectivity index (χ2n) is 5.14. The number of para-hydroxylation sites is 1. The first-order valence-electron chi connectivity index (χ1n) is 6.81. The SMILES string of the molecule is CCCNC1CCc2[nH]c3c(Br)cccc3c2C1. The van der Waals surface area contributed by atoms with Gasteiger partial charge in [-0.1, -0.05) is 19.1 Å². The number of aromatic nitrogens is 1. The van der Waals surface area contributed by atoms with Crippen LogP contribution in [-0.4, -0.2) is 17.6 Å². The lowest BCUT2D eigenvalue weighted by atomic mass is 9.91. The fraction of sp³-hybridized carbons (Fsp3) is 0.467. The first kappa shape index (κ1) is 12.2. The van der Waals surface area contributed by atoms with E-state index in [0.717, 1.165) is 19.4 Å². The standard InChI is InChI=1S/C15H19BrN2/c1-2-8-17-10-6-7-14-12(9-10)11-4-3-5-13(16)15(11)18-14/h3-5,10,17-18H,2,6-9H2,1H3. The average molecular weight is 307 g/mol. The Morgan fingerprint density at radius 2 is 2.33 bits per heavy atom. The molecule has 0 bridgehead atoms. The molecule has 0 aliphatic heterocycles. The van der Waals surface area contributed by atoms with Crippen molar-refractivity contribution in [3.05, 3.63) is 33.9 Å². The van der Waals surface area contributed by atoms with E-state index in [1.807, 2.05) is 0 Å². The van der Waals surface area contributed by atoms with E-state index in [1.54, 1.807) is 0 Å². The highest BCUT2D eigenvalue weighted by Gasteiger charge is 2.22. The van der Waals surface area contributed by atoms with Crippen LogP contribution in [0.15, 0.2) is 22.7 Å². The van der Waals surface area contributed by atoms with E-state index in [-0.39, 0.29) is 0 Å². The fourth-order valence-corrected chi connectivity index (χ4v) is 3.39. The predicted octanol–water partition coefficient (Wildman–Crippen LogP) is 3.79. The lowest BCUT2D eigenvalue weighted by Crippen LogP contribution is -2.34. The van der Waals surface area contributed by atoms with Crippen LogP contribution < -0.4 is 5.32 Å². The van der Waals surface area contributed by atoms with Gasteiger partial charge >= 0.3 is 0 Å². The van der Waals surface area contributed by atoms with Gasteiger partial charge in [-0.2, -0.15) is 0 Å². The number of fused-ring (bicyclic) bond motifs is 3. The maximum absolute atomic E-state index is 3.66. The maximum Gasteiger partial charge on any atom is 0.0603 e. The first-order chi connectivity index (χ1) is 8.79. The fourth-order valence-electron chi connectivity index (χ4n) is 2.93. The average Bonchev–Trinajstić information content (AvgIpc) is 2.76. The van der Waals surface area contributed by atoms with E-state index < -0.39 is 0 Å². The molecule has 0 spiro atoms. The number of benzene rings is 1. The molecule has 0 saturated heterocycles. The first-order valence-corrected chi connectivity index (χ1v) is 7.60. The molecule has 2 aromatic rings. The van der Waals surface area contributed by atoms with Gasteiger partial charge in [0.25, 0.3) is 0 Å². The molecule has 0 radical (unpaired) electrons. The Kier molecular flexibility index (Phi) is 3.44. The Hall–Kier alpha value is -0.800. The molecule has 2 nitrogen and oxygen atoms in total. The van der Waals surface area contributed by atoms with Gasteiger partial charge in [0.1, 0.15) is 0 Å². The van der Waals surface area contributed by atoms with Crippen LogP contribution in [0.3, 0.4) is 0 Å². The van der Waals surface area contributed by atoms with E-state index >= 15 is 0 Å². The van der Waals surface area contributed by atoms with Crippen molar-refractivity contribution in [2.45, 2.75) is 38.6 Å². The van der Waals surface area contributed by atoms with Crippen LogP contribution in [0.5, 0.6) is 0 Å². The third-order valence-electron chi connectivity index (χ3n) is 3.86. The van der Waals surface area contributed by atoms with Crippen molar-refractivity contribution in [1.82, 2.24) is 10.3 Å². The van der Waals surface area contributed by atoms with Crippen LogP contribution in [0.2, 0.25) is 0 Å². The molecule has 1 unspecified atom stereocenters. The van der Waals surface area contributed by atoms with Crippen molar-refractivity contribution in [2.24, 2.45) is 0 Å². The number of nitrogens with one attached hydrogen (secondary N) is 2. The van der Waals surface area contributed by atoms with Crippen molar-refractivity contribution in [2.75, 3.05) is 6.54 Å². The van der Waals surface area contributed by atoms with Gasteiger partial charge in [-0.05, 0) is 59.8 Å². The second kappa shape index (κ2) is 5.06. The van der Waals surface area contributed by atoms with Crippen LogP contribution in [0.4, 0.5) is 0 Å². The highest BCUT2D eigenvalue weighted by molar-refractivity contribution is 9.10. The number of hydrogen-bond acceptors (Lipinski definition) is 1. The summed E-state index contributed by atoms with van der Waals surface area (Å²) in [6.07, 6.45) is 4.78. The molecule has 0 amide bonds. The number of halogens is 1. The number of hydrogen-bond donors (Lipinski definition) is 2. The number of H-pyrrole nitrogens is 1. The zero-order valence-corrected chi connectivity index (χ0v) is 12.3. The van der Waals surface area contributed by atoms with Gasteiger partial charge in [-0.15, -0.1) is 0 Å². The summed E-state index contributed by atoms with van der Waals surface area (Å²) < 4.78 is 1.17. The quantitative estimate of drug-likeness (QED) is 0.887. The minimum absolute atomic E-state index is 0.649. The van der Waals surface area contributed by atoms with Crippen LogP contribution in [0, 0.1) is 0 Å². The van der Waals surface area contributed by atoms with E-state index in [4.69, 9.17) is 0 Å². The monoisotopic (exact) mass is 306 g/mol. The highest BCUT2D eigenvalue weighted by atomic mass is 79.9. The van der Waals surface area contributed by atoms with Crippen LogP contribution >= 0.6 is 15.9 Å². The summed E-state index contributed by atoms with van der Waals surface area (Å²) in [5.74, 6) is 0. The van der Waals surface area contributed by atoms with Gasteiger partial charge < -0.3 is 10.3 Å². The summed E-state index contributed by atoms with van der Waals surface area (Å²) in [4.78, 5) is 3.59. The van der Waals surface area contributed by atoms with Gasteiger partial charge in [-0.25, -0.2) is 0 Å². The molecule has 1 aliphatic rings. The molecular weight excluding hydrogens is 288 g/mol. The maximum atomic E-state index is 3.66. The zero-order valence-electron chi connectivity index (χ0n) is 10.7. The minimum atomic E-state index is 0.649. The molecule has 1 aliphatic carbocycles. The summed E-state index contributed by atoms with van der Waals surface area (Å²) >= 11 is 3.63. The van der Waals surface area contributed by atoms with E-state index in [0.29, 0.717) is 6.04 Å². The molecular formula is C15H19BrN2. The third-order valence-corrected chi connectivity index (χ3v) is 4.52. The molecule has 96 valence electrons. The van der Waals surface area contributed by atoms with Gasteiger partial charge in [0.2, 0.25) is 0 Å². The van der Waals surface area contributed by atoms with Gasteiger partial charge in [0, 0.05) is 21.6 Å². The van der Waals surface area contributed by atoms with Crippen molar-refractivity contribution >= 4 is 26.8 Å². The van der Waals surface area contributed by atoms with Crippen LogP contribution in [0.1, 0.15) is 31.0 Å². The number of aryl methyl sites for hydroxylation is 1. The number of rotatable bonds is 3. The molecule has 1 aromatic carbocycles. The summed E-state index contributed by atoms with van der Waals surface area (Å²) in [6, 6.07) is 7.12. The van der Waals surface area contributed by atoms with Gasteiger partial charge in [0.05, 0.1) is 5.52 Å². The molecule has 0 fully saturated rings. The molecule has 0 saturated carbocycles. The van der Waals surface area contributed by atoms with E-state index in [2.05, 4.69) is 51.4 Å². The molecule has 2 N–H and O–H groups in total. The minimum Gasteiger partial charge on any atom is -0.357 e. The lowest BCUT2D eigenvalue weighted by molar-refractivity contribution is 0.458. The van der Waals surface area contributed by atoms with Crippen LogP contribution in [0.25, 0.3) is 10.9 Å².